The van der Waals surface area contributed by atoms with Gasteiger partial charge in [-0.15, -0.1) is 0 Å². The van der Waals surface area contributed by atoms with Crippen LogP contribution in [0.4, 0.5) is 16.2 Å². The lowest BCUT2D eigenvalue weighted by Gasteiger charge is -2.19. The minimum Gasteiger partial charge on any atom is -0.478 e. The van der Waals surface area contributed by atoms with Crippen LogP contribution < -0.4 is 21.5 Å². The van der Waals surface area contributed by atoms with E-state index in [2.05, 4.69) is 36.7 Å². The van der Waals surface area contributed by atoms with Crippen LogP contribution in [0, 0.1) is 6.92 Å². The van der Waals surface area contributed by atoms with Gasteiger partial charge in [0.25, 0.3) is 11.5 Å². The maximum atomic E-state index is 13.0. The molecule has 0 unspecified atom stereocenters. The van der Waals surface area contributed by atoms with Gasteiger partial charge in [-0.05, 0) is 105 Å². The van der Waals surface area contributed by atoms with Crippen LogP contribution in [0.5, 0.6) is 0 Å². The first-order chi connectivity index (χ1) is 24.0. The topological polar surface area (TPSA) is 138 Å². The van der Waals surface area contributed by atoms with Crippen molar-refractivity contribution in [1.82, 2.24) is 19.4 Å². The second-order valence-corrected chi connectivity index (χ2v) is 13.9. The van der Waals surface area contributed by atoms with Crippen molar-refractivity contribution in [3.63, 3.8) is 0 Å². The molecule has 0 saturated heterocycles. The summed E-state index contributed by atoms with van der Waals surface area (Å²) >= 11 is 0. The number of nitrogens with one attached hydrogen (secondary N) is 3. The predicted molar refractivity (Wildman–Crippen MR) is 205 cm³/mol. The number of amides is 3. The van der Waals surface area contributed by atoms with Gasteiger partial charge in [0.15, 0.2) is 0 Å². The summed E-state index contributed by atoms with van der Waals surface area (Å²) in [5.74, 6) is -1.08. The SMILES string of the molecule is Cc1c(NC(=O)c2ccc(C(C)(C)C)cc2)cccc1-c1cc(NC(=O)NCCCN(C)C)c(=O)n(C)c1.Cn1ccc2cc(C(=O)O)ccc21. The lowest BCUT2D eigenvalue weighted by atomic mass is 9.86. The number of pyridine rings is 1. The summed E-state index contributed by atoms with van der Waals surface area (Å²) < 4.78 is 3.40. The van der Waals surface area contributed by atoms with Crippen LogP contribution in [0.3, 0.4) is 0 Å². The van der Waals surface area contributed by atoms with Gasteiger partial charge in [-0.3, -0.25) is 9.59 Å². The van der Waals surface area contributed by atoms with Gasteiger partial charge in [0, 0.05) is 60.8 Å². The monoisotopic (exact) mass is 692 g/mol. The zero-order valence-electron chi connectivity index (χ0n) is 30.6. The summed E-state index contributed by atoms with van der Waals surface area (Å²) in [6, 6.07) is 21.5. The van der Waals surface area contributed by atoms with Crippen LogP contribution in [0.2, 0.25) is 0 Å². The molecule has 2 aromatic heterocycles. The summed E-state index contributed by atoms with van der Waals surface area (Å²) in [6.45, 7) is 9.68. The second kappa shape index (κ2) is 16.4. The number of aromatic nitrogens is 2. The highest BCUT2D eigenvalue weighted by atomic mass is 16.4. The van der Waals surface area contributed by atoms with Crippen molar-refractivity contribution in [1.29, 1.82) is 0 Å². The van der Waals surface area contributed by atoms with Crippen molar-refractivity contribution in [2.24, 2.45) is 14.1 Å². The van der Waals surface area contributed by atoms with Crippen LogP contribution >= 0.6 is 0 Å². The summed E-state index contributed by atoms with van der Waals surface area (Å²) in [4.78, 5) is 50.8. The first kappa shape index (κ1) is 38.1. The molecule has 4 N–H and O–H groups in total. The van der Waals surface area contributed by atoms with Crippen molar-refractivity contribution in [3.8, 4) is 11.1 Å². The number of aryl methyl sites for hydroxylation is 2. The van der Waals surface area contributed by atoms with Gasteiger partial charge in [0.2, 0.25) is 0 Å². The Bertz CT molecular complexity index is 2090. The molecular formula is C40H48N6O5. The van der Waals surface area contributed by atoms with Gasteiger partial charge in [0.1, 0.15) is 5.69 Å². The number of rotatable bonds is 9. The van der Waals surface area contributed by atoms with Crippen molar-refractivity contribution in [2.75, 3.05) is 37.8 Å². The Morgan fingerprint density at radius 3 is 2.18 bits per heavy atom. The van der Waals surface area contributed by atoms with Crippen LogP contribution in [0.15, 0.2) is 90.0 Å². The van der Waals surface area contributed by atoms with Gasteiger partial charge in [-0.1, -0.05) is 45.0 Å². The highest BCUT2D eigenvalue weighted by Gasteiger charge is 2.16. The molecule has 51 heavy (non-hydrogen) atoms. The highest BCUT2D eigenvalue weighted by Crippen LogP contribution is 2.30. The molecule has 0 radical (unpaired) electrons. The second-order valence-electron chi connectivity index (χ2n) is 13.9. The number of nitrogens with zero attached hydrogens (tertiary/aromatic N) is 3. The maximum absolute atomic E-state index is 13.0. The number of hydrogen-bond acceptors (Lipinski definition) is 5. The van der Waals surface area contributed by atoms with E-state index >= 15 is 0 Å². The Balaban J connectivity index is 0.000000372. The Hall–Kier alpha value is -5.68. The van der Waals surface area contributed by atoms with E-state index in [9.17, 15) is 19.2 Å². The third kappa shape index (κ3) is 9.95. The van der Waals surface area contributed by atoms with Crippen molar-refractivity contribution in [3.05, 3.63) is 118 Å². The molecule has 11 heteroatoms. The molecule has 268 valence electrons. The third-order valence-corrected chi connectivity index (χ3v) is 8.54. The first-order valence-corrected chi connectivity index (χ1v) is 16.8. The molecule has 5 rings (SSSR count). The Labute approximate surface area is 298 Å². The zero-order chi connectivity index (χ0) is 37.5. The standard InChI is InChI=1S/C30H39N5O3.C10H9NO2/c1-20-24(10-8-11-25(20)32-27(36)21-12-14-23(15-13-21)30(2,3)4)22-18-26(28(37)35(7)19-22)33-29(38)31-16-9-17-34(5)6;1-11-5-4-7-6-8(10(12)13)2-3-9(7)11/h8,10-15,18-19H,9,16-17H2,1-7H3,(H,32,36)(H2,31,33,38);2-6H,1H3,(H,12,13). The third-order valence-electron chi connectivity index (χ3n) is 8.54. The molecule has 2 heterocycles. The molecule has 0 fully saturated rings. The smallest absolute Gasteiger partial charge is 0.335 e. The number of fused-ring (bicyclic) bond motifs is 1. The molecule has 11 nitrogen and oxygen atoms in total. The molecule has 0 aliphatic heterocycles. The highest BCUT2D eigenvalue weighted by molar-refractivity contribution is 6.05. The number of carboxylic acid groups (broad SMARTS) is 1. The molecule has 0 aliphatic carbocycles. The van der Waals surface area contributed by atoms with Gasteiger partial charge in [-0.2, -0.15) is 0 Å². The van der Waals surface area contributed by atoms with Gasteiger partial charge >= 0.3 is 12.0 Å². The fourth-order valence-electron chi connectivity index (χ4n) is 5.53. The van der Waals surface area contributed by atoms with Crippen LogP contribution in [-0.2, 0) is 19.5 Å². The molecule has 0 saturated carbocycles. The zero-order valence-corrected chi connectivity index (χ0v) is 30.6. The summed E-state index contributed by atoms with van der Waals surface area (Å²) in [5.41, 5.74) is 6.12. The fourth-order valence-corrected chi connectivity index (χ4v) is 5.53. The van der Waals surface area contributed by atoms with E-state index in [0.29, 0.717) is 23.4 Å². The minimum absolute atomic E-state index is 0.0101. The number of aromatic carboxylic acids is 1. The van der Waals surface area contributed by atoms with Crippen LogP contribution in [0.25, 0.3) is 22.0 Å². The summed E-state index contributed by atoms with van der Waals surface area (Å²) in [7, 11) is 7.53. The van der Waals surface area contributed by atoms with Crippen molar-refractivity contribution < 1.29 is 19.5 Å². The fraction of sp³-hybridized carbons (Fsp3) is 0.300. The van der Waals surface area contributed by atoms with Crippen LogP contribution in [-0.4, -0.2) is 64.2 Å². The number of carbonyl (C=O) groups excluding carboxylic acids is 2. The van der Waals surface area contributed by atoms with Crippen molar-refractivity contribution >= 4 is 40.2 Å². The number of hydrogen-bond donors (Lipinski definition) is 4. The average molecular weight is 693 g/mol. The maximum Gasteiger partial charge on any atom is 0.335 e. The largest absolute Gasteiger partial charge is 0.478 e. The van der Waals surface area contributed by atoms with Gasteiger partial charge in [0.05, 0.1) is 5.56 Å². The Kier molecular flexibility index (Phi) is 12.2. The van der Waals surface area contributed by atoms with Gasteiger partial charge < -0.3 is 35.1 Å². The molecule has 0 bridgehead atoms. The molecule has 0 aliphatic rings. The molecule has 5 aromatic rings. The van der Waals surface area contributed by atoms with E-state index in [1.165, 1.54) is 4.57 Å². The summed E-state index contributed by atoms with van der Waals surface area (Å²) in [5, 5.41) is 18.2. The normalized spacial score (nSPS) is 11.2. The van der Waals surface area contributed by atoms with Gasteiger partial charge in [-0.25, -0.2) is 9.59 Å². The van der Waals surface area contributed by atoms with E-state index in [0.717, 1.165) is 46.1 Å². The van der Waals surface area contributed by atoms with E-state index in [4.69, 9.17) is 5.11 Å². The summed E-state index contributed by atoms with van der Waals surface area (Å²) in [6.07, 6.45) is 4.44. The molecule has 3 aromatic carbocycles. The quantitative estimate of drug-likeness (QED) is 0.125. The number of carboxylic acids is 1. The van der Waals surface area contributed by atoms with Crippen LogP contribution in [0.1, 0.15) is 59.0 Å². The molecule has 3 amide bonds. The molecule has 0 atom stereocenters. The number of anilines is 2. The minimum atomic E-state index is -0.884. The lowest BCUT2D eigenvalue weighted by Crippen LogP contribution is -2.33. The lowest BCUT2D eigenvalue weighted by molar-refractivity contribution is 0.0696. The average Bonchev–Trinajstić information content (AvgIpc) is 3.45. The number of benzene rings is 3. The first-order valence-electron chi connectivity index (χ1n) is 16.8. The van der Waals surface area contributed by atoms with E-state index in [1.54, 1.807) is 31.4 Å². The predicted octanol–water partition coefficient (Wildman–Crippen LogP) is 6.86. The van der Waals surface area contributed by atoms with E-state index < -0.39 is 12.0 Å². The Morgan fingerprint density at radius 2 is 1.53 bits per heavy atom. The Morgan fingerprint density at radius 1 is 0.843 bits per heavy atom. The van der Waals surface area contributed by atoms with E-state index in [1.807, 2.05) is 98.3 Å². The molecule has 0 spiro atoms. The molecular weight excluding hydrogens is 644 g/mol. The van der Waals surface area contributed by atoms with Crippen molar-refractivity contribution in [2.45, 2.75) is 39.5 Å². The van der Waals surface area contributed by atoms with E-state index in [-0.39, 0.29) is 22.6 Å². The number of carbonyl (C=O) groups is 3. The number of urea groups is 1.